The van der Waals surface area contributed by atoms with Gasteiger partial charge in [-0.15, -0.1) is 10.2 Å². The van der Waals surface area contributed by atoms with Gasteiger partial charge in [-0.05, 0) is 32.6 Å². The molecule has 4 heteroatoms. The lowest BCUT2D eigenvalue weighted by molar-refractivity contribution is 0.00575. The van der Waals surface area contributed by atoms with Crippen LogP contribution >= 0.6 is 0 Å². The molecule has 2 aliphatic rings. The molecule has 0 spiro atoms. The topological polar surface area (TPSA) is 39.9 Å². The third kappa shape index (κ3) is 1.39. The third-order valence-electron chi connectivity index (χ3n) is 3.55. The van der Waals surface area contributed by atoms with E-state index in [0.717, 1.165) is 44.1 Å². The molecule has 0 bridgehead atoms. The number of aromatic nitrogens is 3. The van der Waals surface area contributed by atoms with Crippen LogP contribution in [0.3, 0.4) is 0 Å². The maximum Gasteiger partial charge on any atom is 0.165 e. The van der Waals surface area contributed by atoms with Crippen molar-refractivity contribution in [3.63, 3.8) is 0 Å². The number of fused-ring (bicyclic) bond motifs is 1. The Hall–Kier alpha value is -0.900. The monoisotopic (exact) mass is 207 g/mol. The number of rotatable bonds is 1. The Labute approximate surface area is 89.6 Å². The maximum absolute atomic E-state index is 5.83. The third-order valence-corrected chi connectivity index (χ3v) is 3.55. The Kier molecular flexibility index (Phi) is 2.06. The summed E-state index contributed by atoms with van der Waals surface area (Å²) >= 11 is 0. The minimum absolute atomic E-state index is 0.178. The summed E-state index contributed by atoms with van der Waals surface area (Å²) in [6.45, 7) is 4.07. The van der Waals surface area contributed by atoms with Crippen molar-refractivity contribution in [2.24, 2.45) is 0 Å². The van der Waals surface area contributed by atoms with Gasteiger partial charge in [-0.25, -0.2) is 0 Å². The van der Waals surface area contributed by atoms with E-state index in [-0.39, 0.29) is 5.60 Å². The molecule has 0 aliphatic carbocycles. The zero-order valence-corrected chi connectivity index (χ0v) is 9.20. The molecule has 1 aromatic rings. The van der Waals surface area contributed by atoms with E-state index in [0.29, 0.717) is 0 Å². The normalized spacial score (nSPS) is 30.5. The number of nitrogens with zero attached hydrogens (tertiary/aromatic N) is 3. The predicted octanol–water partition coefficient (Wildman–Crippen LogP) is 1.64. The van der Waals surface area contributed by atoms with Crippen LogP contribution in [0.1, 0.15) is 44.3 Å². The van der Waals surface area contributed by atoms with Crippen LogP contribution in [0.4, 0.5) is 0 Å². The molecule has 15 heavy (non-hydrogen) atoms. The van der Waals surface area contributed by atoms with Gasteiger partial charge in [0.2, 0.25) is 0 Å². The predicted molar refractivity (Wildman–Crippen MR) is 55.5 cm³/mol. The largest absolute Gasteiger partial charge is 0.367 e. The number of hydrogen-bond donors (Lipinski definition) is 0. The average molecular weight is 207 g/mol. The first-order valence-corrected chi connectivity index (χ1v) is 5.86. The molecule has 1 unspecified atom stereocenters. The Morgan fingerprint density at radius 1 is 1.27 bits per heavy atom. The second-order valence-electron chi connectivity index (χ2n) is 4.73. The van der Waals surface area contributed by atoms with Gasteiger partial charge in [0.1, 0.15) is 11.4 Å². The highest BCUT2D eigenvalue weighted by molar-refractivity contribution is 5.08. The minimum Gasteiger partial charge on any atom is -0.367 e. The second-order valence-corrected chi connectivity index (χ2v) is 4.73. The van der Waals surface area contributed by atoms with Gasteiger partial charge in [-0.3, -0.25) is 0 Å². The minimum atomic E-state index is -0.178. The van der Waals surface area contributed by atoms with Crippen molar-refractivity contribution in [2.75, 3.05) is 6.61 Å². The molecule has 82 valence electrons. The summed E-state index contributed by atoms with van der Waals surface area (Å²) in [7, 11) is 0. The quantitative estimate of drug-likeness (QED) is 0.703. The Morgan fingerprint density at radius 3 is 3.00 bits per heavy atom. The van der Waals surface area contributed by atoms with E-state index in [9.17, 15) is 0 Å². The van der Waals surface area contributed by atoms with Crippen molar-refractivity contribution in [3.05, 3.63) is 11.6 Å². The standard InChI is InChI=1S/C11H17N3O/c1-11(6-4-8-15-11)10-13-12-9-5-2-3-7-14(9)10/h2-8H2,1H3. The molecule has 2 aliphatic heterocycles. The highest BCUT2D eigenvalue weighted by Crippen LogP contribution is 2.35. The molecule has 0 N–H and O–H groups in total. The van der Waals surface area contributed by atoms with E-state index < -0.39 is 0 Å². The summed E-state index contributed by atoms with van der Waals surface area (Å²) in [5.74, 6) is 2.20. The first-order valence-electron chi connectivity index (χ1n) is 5.86. The van der Waals surface area contributed by atoms with Gasteiger partial charge in [-0.2, -0.15) is 0 Å². The van der Waals surface area contributed by atoms with E-state index in [4.69, 9.17) is 4.74 Å². The van der Waals surface area contributed by atoms with E-state index in [1.807, 2.05) is 0 Å². The molecule has 0 radical (unpaired) electrons. The summed E-state index contributed by atoms with van der Waals surface area (Å²) in [6.07, 6.45) is 5.77. The van der Waals surface area contributed by atoms with Gasteiger partial charge in [0.05, 0.1) is 0 Å². The molecule has 3 rings (SSSR count). The van der Waals surface area contributed by atoms with Crippen LogP contribution in [-0.4, -0.2) is 21.4 Å². The van der Waals surface area contributed by atoms with Gasteiger partial charge in [0, 0.05) is 19.6 Å². The fraction of sp³-hybridized carbons (Fsp3) is 0.818. The number of aryl methyl sites for hydroxylation is 1. The zero-order chi connectivity index (χ0) is 10.3. The summed E-state index contributed by atoms with van der Waals surface area (Å²) in [5.41, 5.74) is -0.178. The van der Waals surface area contributed by atoms with Gasteiger partial charge in [0.25, 0.3) is 0 Å². The van der Waals surface area contributed by atoms with Crippen LogP contribution in [-0.2, 0) is 23.3 Å². The Morgan fingerprint density at radius 2 is 2.20 bits per heavy atom. The van der Waals surface area contributed by atoms with Crippen molar-refractivity contribution in [1.82, 2.24) is 14.8 Å². The Bertz CT molecular complexity index is 366. The van der Waals surface area contributed by atoms with Crippen molar-refractivity contribution in [1.29, 1.82) is 0 Å². The SMILES string of the molecule is CC1(c2nnc3n2CCCC3)CCCO1. The molecule has 3 heterocycles. The van der Waals surface area contributed by atoms with Gasteiger partial charge < -0.3 is 9.30 Å². The van der Waals surface area contributed by atoms with Gasteiger partial charge in [0.15, 0.2) is 5.82 Å². The molecule has 1 atom stereocenters. The first-order chi connectivity index (χ1) is 7.30. The van der Waals surface area contributed by atoms with Crippen molar-refractivity contribution in [2.45, 2.75) is 51.2 Å². The summed E-state index contributed by atoms with van der Waals surface area (Å²) in [6, 6.07) is 0. The molecule has 1 saturated heterocycles. The molecule has 0 amide bonds. The van der Waals surface area contributed by atoms with E-state index in [2.05, 4.69) is 21.7 Å². The molecule has 1 fully saturated rings. The molecular weight excluding hydrogens is 190 g/mol. The van der Waals surface area contributed by atoms with Gasteiger partial charge >= 0.3 is 0 Å². The molecule has 4 nitrogen and oxygen atoms in total. The lowest BCUT2D eigenvalue weighted by Crippen LogP contribution is -2.27. The molecular formula is C11H17N3O. The Balaban J connectivity index is 2.00. The van der Waals surface area contributed by atoms with Crippen LogP contribution < -0.4 is 0 Å². The fourth-order valence-electron chi connectivity index (χ4n) is 2.65. The van der Waals surface area contributed by atoms with Crippen LogP contribution in [0, 0.1) is 0 Å². The molecule has 0 saturated carbocycles. The highest BCUT2D eigenvalue weighted by Gasteiger charge is 2.37. The fourth-order valence-corrected chi connectivity index (χ4v) is 2.65. The first kappa shape index (κ1) is 9.33. The van der Waals surface area contributed by atoms with Gasteiger partial charge in [-0.1, -0.05) is 0 Å². The van der Waals surface area contributed by atoms with Crippen LogP contribution in [0.2, 0.25) is 0 Å². The van der Waals surface area contributed by atoms with E-state index >= 15 is 0 Å². The van der Waals surface area contributed by atoms with Crippen molar-refractivity contribution in [3.8, 4) is 0 Å². The smallest absolute Gasteiger partial charge is 0.165 e. The lowest BCUT2D eigenvalue weighted by Gasteiger charge is -2.24. The number of ether oxygens (including phenoxy) is 1. The highest BCUT2D eigenvalue weighted by atomic mass is 16.5. The van der Waals surface area contributed by atoms with Crippen LogP contribution in [0.25, 0.3) is 0 Å². The van der Waals surface area contributed by atoms with Crippen molar-refractivity contribution < 1.29 is 4.74 Å². The number of hydrogen-bond acceptors (Lipinski definition) is 3. The second kappa shape index (κ2) is 3.30. The molecule has 1 aromatic heterocycles. The zero-order valence-electron chi connectivity index (χ0n) is 9.20. The maximum atomic E-state index is 5.83. The van der Waals surface area contributed by atoms with Crippen LogP contribution in [0.15, 0.2) is 0 Å². The molecule has 0 aromatic carbocycles. The van der Waals surface area contributed by atoms with Crippen LogP contribution in [0.5, 0.6) is 0 Å². The average Bonchev–Trinajstić information content (AvgIpc) is 2.84. The summed E-state index contributed by atoms with van der Waals surface area (Å²) < 4.78 is 8.10. The van der Waals surface area contributed by atoms with E-state index in [1.54, 1.807) is 0 Å². The summed E-state index contributed by atoms with van der Waals surface area (Å²) in [4.78, 5) is 0. The lowest BCUT2D eigenvalue weighted by atomic mass is 10.0. The summed E-state index contributed by atoms with van der Waals surface area (Å²) in [5, 5.41) is 8.62. The van der Waals surface area contributed by atoms with Crippen molar-refractivity contribution >= 4 is 0 Å². The van der Waals surface area contributed by atoms with E-state index in [1.165, 1.54) is 12.8 Å².